The molecule has 2 aromatic carbocycles. The third-order valence-corrected chi connectivity index (χ3v) is 4.71. The first-order valence-corrected chi connectivity index (χ1v) is 8.91. The molecule has 0 aliphatic carbocycles. The summed E-state index contributed by atoms with van der Waals surface area (Å²) in [5.41, 5.74) is 4.35. The molecule has 1 N–H and O–H groups in total. The van der Waals surface area contributed by atoms with E-state index in [4.69, 9.17) is 9.47 Å². The first-order valence-electron chi connectivity index (χ1n) is 8.03. The molecule has 0 bridgehead atoms. The number of aryl methyl sites for hydroxylation is 1. The Morgan fingerprint density at radius 3 is 2.62 bits per heavy atom. The van der Waals surface area contributed by atoms with Gasteiger partial charge in [0.2, 0.25) is 0 Å². The van der Waals surface area contributed by atoms with Crippen LogP contribution < -0.4 is 14.8 Å². The maximum absolute atomic E-state index is 5.64. The van der Waals surface area contributed by atoms with Crippen LogP contribution in [0, 0.1) is 0 Å². The van der Waals surface area contributed by atoms with Gasteiger partial charge in [-0.05, 0) is 42.3 Å². The normalized spacial score (nSPS) is 12.9. The Labute approximate surface area is 145 Å². The highest BCUT2D eigenvalue weighted by Crippen LogP contribution is 2.35. The monoisotopic (exact) mass is 338 g/mol. The topological polar surface area (TPSA) is 43.4 Å². The summed E-state index contributed by atoms with van der Waals surface area (Å²) >= 11 is 1.59. The van der Waals surface area contributed by atoms with Crippen molar-refractivity contribution in [2.75, 3.05) is 18.5 Å². The first kappa shape index (κ1) is 15.0. The quantitative estimate of drug-likeness (QED) is 0.736. The second-order valence-electron chi connectivity index (χ2n) is 5.57. The van der Waals surface area contributed by atoms with Gasteiger partial charge >= 0.3 is 0 Å². The van der Waals surface area contributed by atoms with Crippen LogP contribution in [-0.4, -0.2) is 18.2 Å². The first-order chi connectivity index (χ1) is 11.8. The summed E-state index contributed by atoms with van der Waals surface area (Å²) in [5.74, 6) is 1.59. The van der Waals surface area contributed by atoms with Crippen LogP contribution in [0.3, 0.4) is 0 Å². The Morgan fingerprint density at radius 1 is 1.04 bits per heavy atom. The van der Waals surface area contributed by atoms with Crippen molar-refractivity contribution in [3.63, 3.8) is 0 Å². The molecule has 5 heteroatoms. The fourth-order valence-corrected chi connectivity index (χ4v) is 3.35. The lowest BCUT2D eigenvalue weighted by Gasteiger charge is -2.18. The fourth-order valence-electron chi connectivity index (χ4n) is 2.61. The minimum absolute atomic E-state index is 0.591. The molecule has 122 valence electrons. The zero-order chi connectivity index (χ0) is 16.4. The number of thiazole rings is 1. The standard InChI is InChI=1S/C19H18N2O2S/c1-2-13-3-6-15(7-4-13)20-19-21-16(12-24-19)14-5-8-17-18(11-14)23-10-9-22-17/h3-8,11-12H,2,9-10H2,1H3,(H,20,21). The summed E-state index contributed by atoms with van der Waals surface area (Å²) < 4.78 is 11.2. The van der Waals surface area contributed by atoms with Crippen molar-refractivity contribution >= 4 is 22.2 Å². The van der Waals surface area contributed by atoms with E-state index in [0.717, 1.165) is 40.0 Å². The van der Waals surface area contributed by atoms with Gasteiger partial charge in [0.05, 0.1) is 5.69 Å². The second-order valence-corrected chi connectivity index (χ2v) is 6.43. The Kier molecular flexibility index (Phi) is 4.09. The molecule has 0 atom stereocenters. The molecule has 4 rings (SSSR count). The van der Waals surface area contributed by atoms with Crippen molar-refractivity contribution < 1.29 is 9.47 Å². The molecule has 0 saturated carbocycles. The highest BCUT2D eigenvalue weighted by Gasteiger charge is 2.13. The lowest BCUT2D eigenvalue weighted by Crippen LogP contribution is -2.15. The zero-order valence-electron chi connectivity index (χ0n) is 13.4. The number of hydrogen-bond donors (Lipinski definition) is 1. The van der Waals surface area contributed by atoms with Crippen LogP contribution in [0.2, 0.25) is 0 Å². The molecule has 1 aromatic heterocycles. The van der Waals surface area contributed by atoms with Crippen LogP contribution in [0.4, 0.5) is 10.8 Å². The van der Waals surface area contributed by atoms with Gasteiger partial charge in [0.1, 0.15) is 13.2 Å². The lowest BCUT2D eigenvalue weighted by atomic mass is 10.1. The molecule has 0 unspecified atom stereocenters. The van der Waals surface area contributed by atoms with E-state index in [1.807, 2.05) is 23.6 Å². The number of aromatic nitrogens is 1. The summed E-state index contributed by atoms with van der Waals surface area (Å²) in [6.45, 7) is 3.35. The minimum atomic E-state index is 0.591. The van der Waals surface area contributed by atoms with Crippen molar-refractivity contribution in [1.29, 1.82) is 0 Å². The molecular weight excluding hydrogens is 320 g/mol. The maximum Gasteiger partial charge on any atom is 0.187 e. The van der Waals surface area contributed by atoms with E-state index < -0.39 is 0 Å². The van der Waals surface area contributed by atoms with Gasteiger partial charge in [-0.25, -0.2) is 4.98 Å². The molecule has 0 amide bonds. The van der Waals surface area contributed by atoms with Gasteiger partial charge in [0, 0.05) is 16.6 Å². The van der Waals surface area contributed by atoms with Crippen LogP contribution in [0.25, 0.3) is 11.3 Å². The smallest absolute Gasteiger partial charge is 0.187 e. The predicted octanol–water partition coefficient (Wildman–Crippen LogP) is 4.89. The molecule has 4 nitrogen and oxygen atoms in total. The van der Waals surface area contributed by atoms with Crippen molar-refractivity contribution in [3.05, 3.63) is 53.4 Å². The second kappa shape index (κ2) is 6.53. The third-order valence-electron chi connectivity index (χ3n) is 3.96. The SMILES string of the molecule is CCc1ccc(Nc2nc(-c3ccc4c(c3)OCCO4)cs2)cc1. The highest BCUT2D eigenvalue weighted by molar-refractivity contribution is 7.14. The molecular formula is C19H18N2O2S. The van der Waals surface area contributed by atoms with Gasteiger partial charge < -0.3 is 14.8 Å². The highest BCUT2D eigenvalue weighted by atomic mass is 32.1. The van der Waals surface area contributed by atoms with Gasteiger partial charge in [0.25, 0.3) is 0 Å². The number of anilines is 2. The Balaban J connectivity index is 1.53. The molecule has 0 saturated heterocycles. The molecule has 2 heterocycles. The van der Waals surface area contributed by atoms with Crippen LogP contribution in [0.1, 0.15) is 12.5 Å². The number of rotatable bonds is 4. The molecule has 3 aromatic rings. The Morgan fingerprint density at radius 2 is 1.83 bits per heavy atom. The average Bonchev–Trinajstić information content (AvgIpc) is 3.10. The predicted molar refractivity (Wildman–Crippen MR) is 97.6 cm³/mol. The lowest BCUT2D eigenvalue weighted by molar-refractivity contribution is 0.171. The molecule has 1 aliphatic rings. The maximum atomic E-state index is 5.64. The van der Waals surface area contributed by atoms with Crippen LogP contribution in [0.15, 0.2) is 47.8 Å². The van der Waals surface area contributed by atoms with E-state index in [1.165, 1.54) is 5.56 Å². The summed E-state index contributed by atoms with van der Waals surface area (Å²) in [6.07, 6.45) is 1.05. The number of benzene rings is 2. The number of nitrogens with zero attached hydrogens (tertiary/aromatic N) is 1. The third kappa shape index (κ3) is 3.08. The summed E-state index contributed by atoms with van der Waals surface area (Å²) in [6, 6.07) is 14.4. The number of nitrogens with one attached hydrogen (secondary N) is 1. The van der Waals surface area contributed by atoms with E-state index >= 15 is 0 Å². The van der Waals surface area contributed by atoms with Crippen LogP contribution in [-0.2, 0) is 6.42 Å². The largest absolute Gasteiger partial charge is 0.486 e. The summed E-state index contributed by atoms with van der Waals surface area (Å²) in [5, 5.41) is 6.29. The minimum Gasteiger partial charge on any atom is -0.486 e. The molecule has 0 radical (unpaired) electrons. The molecule has 24 heavy (non-hydrogen) atoms. The van der Waals surface area contributed by atoms with E-state index in [-0.39, 0.29) is 0 Å². The van der Waals surface area contributed by atoms with Gasteiger partial charge in [-0.15, -0.1) is 11.3 Å². The van der Waals surface area contributed by atoms with Crippen molar-refractivity contribution in [2.45, 2.75) is 13.3 Å². The van der Waals surface area contributed by atoms with Crippen molar-refractivity contribution in [3.8, 4) is 22.8 Å². The van der Waals surface area contributed by atoms with Gasteiger partial charge in [-0.3, -0.25) is 0 Å². The van der Waals surface area contributed by atoms with E-state index in [9.17, 15) is 0 Å². The summed E-state index contributed by atoms with van der Waals surface area (Å²) in [7, 11) is 0. The number of ether oxygens (including phenoxy) is 2. The number of fused-ring (bicyclic) bond motifs is 1. The number of hydrogen-bond acceptors (Lipinski definition) is 5. The van der Waals surface area contributed by atoms with Gasteiger partial charge in [0.15, 0.2) is 16.6 Å². The van der Waals surface area contributed by atoms with Gasteiger partial charge in [-0.2, -0.15) is 0 Å². The summed E-state index contributed by atoms with van der Waals surface area (Å²) in [4.78, 5) is 4.68. The van der Waals surface area contributed by atoms with Crippen LogP contribution >= 0.6 is 11.3 Å². The van der Waals surface area contributed by atoms with Gasteiger partial charge in [-0.1, -0.05) is 19.1 Å². The van der Waals surface area contributed by atoms with Crippen LogP contribution in [0.5, 0.6) is 11.5 Å². The average molecular weight is 338 g/mol. The molecule has 1 aliphatic heterocycles. The van der Waals surface area contributed by atoms with Crippen molar-refractivity contribution in [2.24, 2.45) is 0 Å². The van der Waals surface area contributed by atoms with E-state index in [0.29, 0.717) is 13.2 Å². The molecule has 0 spiro atoms. The van der Waals surface area contributed by atoms with E-state index in [2.05, 4.69) is 41.5 Å². The zero-order valence-corrected chi connectivity index (χ0v) is 14.2. The Bertz CT molecular complexity index is 843. The molecule has 0 fully saturated rings. The fraction of sp³-hybridized carbons (Fsp3) is 0.211. The van der Waals surface area contributed by atoms with E-state index in [1.54, 1.807) is 11.3 Å². The van der Waals surface area contributed by atoms with Crippen molar-refractivity contribution in [1.82, 2.24) is 4.98 Å². The Hall–Kier alpha value is -2.53.